The van der Waals surface area contributed by atoms with Crippen molar-refractivity contribution >= 4 is 34.3 Å². The van der Waals surface area contributed by atoms with Crippen LogP contribution in [0.25, 0.3) is 10.9 Å². The third-order valence-corrected chi connectivity index (χ3v) is 4.32. The van der Waals surface area contributed by atoms with E-state index in [1.807, 2.05) is 6.07 Å². The van der Waals surface area contributed by atoms with Gasteiger partial charge in [0.1, 0.15) is 5.76 Å². The second kappa shape index (κ2) is 6.95. The summed E-state index contributed by atoms with van der Waals surface area (Å²) in [5.74, 6) is 7.07. The number of halogens is 1. The third kappa shape index (κ3) is 3.44. The van der Waals surface area contributed by atoms with Gasteiger partial charge in [-0.2, -0.15) is 0 Å². The number of hydrogen-bond donors (Lipinski definition) is 0. The third-order valence-electron chi connectivity index (χ3n) is 3.23. The lowest BCUT2D eigenvalue weighted by Crippen LogP contribution is -2.23. The number of benzene rings is 1. The van der Waals surface area contributed by atoms with Crippen LogP contribution in [0, 0.1) is 11.8 Å². The number of thioether (sulfide) groups is 1. The van der Waals surface area contributed by atoms with E-state index in [-0.39, 0.29) is 5.56 Å². The van der Waals surface area contributed by atoms with Crippen LogP contribution < -0.4 is 5.56 Å². The highest BCUT2D eigenvalue weighted by molar-refractivity contribution is 7.99. The molecule has 3 rings (SSSR count). The first-order chi connectivity index (χ1) is 11.2. The molecule has 0 spiro atoms. The minimum absolute atomic E-state index is 0.116. The van der Waals surface area contributed by atoms with E-state index in [1.54, 1.807) is 42.0 Å². The summed E-state index contributed by atoms with van der Waals surface area (Å²) in [7, 11) is 0. The molecule has 1 aromatic carbocycles. The molecule has 0 fully saturated rings. The van der Waals surface area contributed by atoms with Crippen molar-refractivity contribution in [2.75, 3.05) is 5.75 Å². The van der Waals surface area contributed by atoms with Crippen molar-refractivity contribution in [3.05, 3.63) is 57.7 Å². The number of rotatable bonds is 4. The van der Waals surface area contributed by atoms with Crippen LogP contribution in [0.15, 0.2) is 51.0 Å². The van der Waals surface area contributed by atoms with Crippen LogP contribution >= 0.6 is 23.4 Å². The molecular weight excluding hydrogens is 332 g/mol. The summed E-state index contributed by atoms with van der Waals surface area (Å²) >= 11 is 7.43. The summed E-state index contributed by atoms with van der Waals surface area (Å²) in [6, 6.07) is 8.72. The fraction of sp³-hybridized carbons (Fsp3) is 0.176. The molecule has 3 aromatic rings. The van der Waals surface area contributed by atoms with Gasteiger partial charge in [0.2, 0.25) is 0 Å². The van der Waals surface area contributed by atoms with Crippen LogP contribution in [-0.2, 0) is 6.54 Å². The van der Waals surface area contributed by atoms with E-state index < -0.39 is 0 Å². The molecule has 2 heterocycles. The molecule has 0 aliphatic rings. The van der Waals surface area contributed by atoms with Gasteiger partial charge in [-0.25, -0.2) is 4.98 Å². The summed E-state index contributed by atoms with van der Waals surface area (Å²) in [6.45, 7) is 2.11. The molecule has 0 N–H and O–H groups in total. The van der Waals surface area contributed by atoms with E-state index in [9.17, 15) is 4.79 Å². The predicted octanol–water partition coefficient (Wildman–Crippen LogP) is 3.81. The van der Waals surface area contributed by atoms with E-state index in [4.69, 9.17) is 16.0 Å². The van der Waals surface area contributed by atoms with Crippen molar-refractivity contribution in [1.82, 2.24) is 9.55 Å². The summed E-state index contributed by atoms with van der Waals surface area (Å²) < 4.78 is 6.97. The maximum Gasteiger partial charge on any atom is 0.262 e. The molecule has 0 saturated carbocycles. The molecule has 2 aromatic heterocycles. The van der Waals surface area contributed by atoms with Gasteiger partial charge in [-0.05, 0) is 37.3 Å². The van der Waals surface area contributed by atoms with Crippen molar-refractivity contribution in [3.8, 4) is 11.8 Å². The molecule has 0 amide bonds. The SMILES string of the molecule is CC#CCSc1nc2cc(Cl)ccc2c(=O)n1Cc1ccco1. The summed E-state index contributed by atoms with van der Waals surface area (Å²) in [5, 5.41) is 1.69. The Morgan fingerprint density at radius 3 is 3.00 bits per heavy atom. The molecule has 0 saturated heterocycles. The van der Waals surface area contributed by atoms with Gasteiger partial charge in [0, 0.05) is 5.02 Å². The number of furan rings is 1. The van der Waals surface area contributed by atoms with E-state index in [2.05, 4.69) is 16.8 Å². The highest BCUT2D eigenvalue weighted by Gasteiger charge is 2.13. The summed E-state index contributed by atoms with van der Waals surface area (Å²) in [4.78, 5) is 17.4. The smallest absolute Gasteiger partial charge is 0.262 e. The molecule has 0 bridgehead atoms. The van der Waals surface area contributed by atoms with Gasteiger partial charge in [0.25, 0.3) is 5.56 Å². The molecule has 116 valence electrons. The zero-order valence-corrected chi connectivity index (χ0v) is 13.9. The minimum Gasteiger partial charge on any atom is -0.467 e. The van der Waals surface area contributed by atoms with Crippen LogP contribution in [0.2, 0.25) is 5.02 Å². The summed E-state index contributed by atoms with van der Waals surface area (Å²) in [6.07, 6.45) is 1.59. The van der Waals surface area contributed by atoms with Crippen LogP contribution in [0.1, 0.15) is 12.7 Å². The molecule has 0 aliphatic heterocycles. The number of fused-ring (bicyclic) bond motifs is 1. The molecule has 6 heteroatoms. The van der Waals surface area contributed by atoms with Crippen LogP contribution in [0.4, 0.5) is 0 Å². The Morgan fingerprint density at radius 1 is 1.39 bits per heavy atom. The van der Waals surface area contributed by atoms with Crippen molar-refractivity contribution in [2.24, 2.45) is 0 Å². The standard InChI is InChI=1S/C17H13ClN2O2S/c1-2-3-9-23-17-19-15-10-12(18)6-7-14(15)16(21)20(17)11-13-5-4-8-22-13/h4-8,10H,9,11H2,1H3. The molecule has 0 radical (unpaired) electrons. The van der Waals surface area contributed by atoms with Gasteiger partial charge in [0.15, 0.2) is 5.16 Å². The van der Waals surface area contributed by atoms with Crippen LogP contribution in [0.3, 0.4) is 0 Å². The lowest BCUT2D eigenvalue weighted by atomic mass is 10.2. The van der Waals surface area contributed by atoms with Gasteiger partial charge in [-0.3, -0.25) is 9.36 Å². The van der Waals surface area contributed by atoms with Gasteiger partial charge in [0.05, 0.1) is 29.5 Å². The van der Waals surface area contributed by atoms with Gasteiger partial charge in [-0.1, -0.05) is 29.3 Å². The Balaban J connectivity index is 2.14. The zero-order chi connectivity index (χ0) is 16.2. The Hall–Kier alpha value is -2.16. The molecule has 0 unspecified atom stereocenters. The molecule has 4 nitrogen and oxygen atoms in total. The normalized spacial score (nSPS) is 10.5. The van der Waals surface area contributed by atoms with Gasteiger partial charge >= 0.3 is 0 Å². The highest BCUT2D eigenvalue weighted by Crippen LogP contribution is 2.21. The average Bonchev–Trinajstić information content (AvgIpc) is 3.04. The highest BCUT2D eigenvalue weighted by atomic mass is 35.5. The van der Waals surface area contributed by atoms with Gasteiger partial charge < -0.3 is 4.42 Å². The first kappa shape index (κ1) is 15.7. The van der Waals surface area contributed by atoms with Crippen LogP contribution in [0.5, 0.6) is 0 Å². The monoisotopic (exact) mass is 344 g/mol. The van der Waals surface area contributed by atoms with E-state index in [0.717, 1.165) is 0 Å². The fourth-order valence-electron chi connectivity index (χ4n) is 2.15. The van der Waals surface area contributed by atoms with E-state index >= 15 is 0 Å². The first-order valence-electron chi connectivity index (χ1n) is 6.94. The largest absolute Gasteiger partial charge is 0.467 e. The second-order valence-corrected chi connectivity index (χ2v) is 6.12. The number of aromatic nitrogens is 2. The lowest BCUT2D eigenvalue weighted by Gasteiger charge is -2.11. The van der Waals surface area contributed by atoms with Crippen molar-refractivity contribution in [2.45, 2.75) is 18.6 Å². The van der Waals surface area contributed by atoms with Crippen molar-refractivity contribution in [1.29, 1.82) is 0 Å². The predicted molar refractivity (Wildman–Crippen MR) is 93.0 cm³/mol. The second-order valence-electron chi connectivity index (χ2n) is 4.74. The number of nitrogens with zero attached hydrogens (tertiary/aromatic N) is 2. The minimum atomic E-state index is -0.116. The van der Waals surface area contributed by atoms with E-state index in [1.165, 1.54) is 11.8 Å². The molecule has 23 heavy (non-hydrogen) atoms. The molecule has 0 atom stereocenters. The summed E-state index contributed by atoms with van der Waals surface area (Å²) in [5.41, 5.74) is 0.472. The average molecular weight is 345 g/mol. The molecule has 0 aliphatic carbocycles. The van der Waals surface area contributed by atoms with Crippen LogP contribution in [-0.4, -0.2) is 15.3 Å². The molecular formula is C17H13ClN2O2S. The Labute approximate surface area is 142 Å². The first-order valence-corrected chi connectivity index (χ1v) is 8.30. The van der Waals surface area contributed by atoms with E-state index in [0.29, 0.717) is 39.1 Å². The van der Waals surface area contributed by atoms with Crippen molar-refractivity contribution in [3.63, 3.8) is 0 Å². The quantitative estimate of drug-likeness (QED) is 0.410. The topological polar surface area (TPSA) is 48.0 Å². The number of hydrogen-bond acceptors (Lipinski definition) is 4. The maximum atomic E-state index is 12.8. The lowest BCUT2D eigenvalue weighted by molar-refractivity contribution is 0.476. The zero-order valence-electron chi connectivity index (χ0n) is 12.4. The Morgan fingerprint density at radius 2 is 2.26 bits per heavy atom. The van der Waals surface area contributed by atoms with Crippen molar-refractivity contribution < 1.29 is 4.42 Å². The fourth-order valence-corrected chi connectivity index (χ4v) is 3.13. The maximum absolute atomic E-state index is 12.8. The Kier molecular flexibility index (Phi) is 4.75. The van der Waals surface area contributed by atoms with Gasteiger partial charge in [-0.15, -0.1) is 5.92 Å². The Bertz CT molecular complexity index is 952.